The summed E-state index contributed by atoms with van der Waals surface area (Å²) in [7, 11) is 0. The van der Waals surface area contributed by atoms with Crippen molar-refractivity contribution in [3.05, 3.63) is 58.1 Å². The Kier molecular flexibility index (Phi) is 7.83. The van der Waals surface area contributed by atoms with Crippen LogP contribution in [-0.2, 0) is 25.5 Å². The monoisotopic (exact) mass is 580 g/mol. The quantitative estimate of drug-likeness (QED) is 0.297. The molecule has 35 heavy (non-hydrogen) atoms. The molecule has 2 aromatic rings. The van der Waals surface area contributed by atoms with Crippen LogP contribution in [0.3, 0.4) is 0 Å². The zero-order valence-electron chi connectivity index (χ0n) is 18.8. The van der Waals surface area contributed by atoms with Gasteiger partial charge in [0.15, 0.2) is 6.61 Å². The van der Waals surface area contributed by atoms with Crippen LogP contribution in [0, 0.1) is 11.8 Å². The molecule has 0 bridgehead atoms. The number of anilines is 2. The molecule has 0 spiro atoms. The number of benzene rings is 2. The first-order valence-electron chi connectivity index (χ1n) is 11.2. The number of fused-ring (bicyclic) bond motifs is 1. The van der Waals surface area contributed by atoms with E-state index < -0.39 is 30.3 Å². The first-order chi connectivity index (χ1) is 16.7. The van der Waals surface area contributed by atoms with Gasteiger partial charge in [0.05, 0.1) is 33.8 Å². The van der Waals surface area contributed by atoms with Gasteiger partial charge in [-0.3, -0.25) is 19.3 Å². The molecule has 2 aromatic carbocycles. The van der Waals surface area contributed by atoms with Gasteiger partial charge in [-0.1, -0.05) is 28.9 Å². The third kappa shape index (κ3) is 5.39. The zero-order valence-corrected chi connectivity index (χ0v) is 21.9. The second kappa shape index (κ2) is 10.7. The molecule has 3 amide bonds. The van der Waals surface area contributed by atoms with Crippen molar-refractivity contribution in [1.29, 1.82) is 0 Å². The molecule has 2 fully saturated rings. The average molecular weight is 582 g/mol. The van der Waals surface area contributed by atoms with Crippen molar-refractivity contribution in [2.75, 3.05) is 16.8 Å². The summed E-state index contributed by atoms with van der Waals surface area (Å²) in [5.74, 6) is -2.96. The number of rotatable bonds is 6. The van der Waals surface area contributed by atoms with Gasteiger partial charge in [-0.05, 0) is 61.2 Å². The predicted octanol–water partition coefficient (Wildman–Crippen LogP) is 4.92. The topological polar surface area (TPSA) is 92.8 Å². The lowest BCUT2D eigenvalue weighted by molar-refractivity contribution is -0.122. The van der Waals surface area contributed by atoms with Gasteiger partial charge in [0, 0.05) is 10.2 Å². The van der Waals surface area contributed by atoms with Crippen LogP contribution in [0.5, 0.6) is 0 Å². The summed E-state index contributed by atoms with van der Waals surface area (Å²) in [6.07, 6.45) is 1.38. The van der Waals surface area contributed by atoms with Gasteiger partial charge in [-0.2, -0.15) is 0 Å². The average Bonchev–Trinajstić information content (AvgIpc) is 3.08. The summed E-state index contributed by atoms with van der Waals surface area (Å²) in [6.45, 7) is 1.49. The fourth-order valence-electron chi connectivity index (χ4n) is 4.50. The van der Waals surface area contributed by atoms with Gasteiger partial charge in [-0.15, -0.1) is 23.2 Å². The number of hydrogen-bond donors (Lipinski definition) is 1. The summed E-state index contributed by atoms with van der Waals surface area (Å²) in [4.78, 5) is 52.0. The maximum atomic E-state index is 13.0. The minimum absolute atomic E-state index is 0.120. The Morgan fingerprint density at radius 1 is 1.06 bits per heavy atom. The van der Waals surface area contributed by atoms with Crippen LogP contribution >= 0.6 is 39.1 Å². The molecule has 1 saturated heterocycles. The lowest BCUT2D eigenvalue weighted by Crippen LogP contribution is -2.34. The lowest BCUT2D eigenvalue weighted by atomic mass is 9.80. The number of nitrogens with one attached hydrogen (secondary N) is 1. The molecule has 1 saturated carbocycles. The summed E-state index contributed by atoms with van der Waals surface area (Å²) >= 11 is 15.9. The minimum atomic E-state index is -0.744. The summed E-state index contributed by atoms with van der Waals surface area (Å²) in [6, 6.07) is 11.5. The van der Waals surface area contributed by atoms with E-state index in [0.717, 1.165) is 14.9 Å². The highest BCUT2D eigenvalue weighted by Gasteiger charge is 2.52. The third-order valence-corrected chi connectivity index (χ3v) is 7.90. The van der Waals surface area contributed by atoms with Crippen LogP contribution in [0.4, 0.5) is 11.4 Å². The van der Waals surface area contributed by atoms with Crippen LogP contribution < -0.4 is 10.2 Å². The number of carbonyl (C=O) groups excluding carboxylic acids is 4. The van der Waals surface area contributed by atoms with Crippen molar-refractivity contribution in [1.82, 2.24) is 0 Å². The van der Waals surface area contributed by atoms with Crippen LogP contribution in [0.25, 0.3) is 0 Å². The Bertz CT molecular complexity index is 1160. The normalized spacial score (nSPS) is 23.7. The van der Waals surface area contributed by atoms with Crippen LogP contribution in [0.2, 0.25) is 0 Å². The van der Waals surface area contributed by atoms with E-state index in [1.54, 1.807) is 18.2 Å². The van der Waals surface area contributed by atoms with E-state index in [9.17, 15) is 19.2 Å². The molecule has 1 heterocycles. The number of halogens is 3. The Hall–Kier alpha value is -2.42. The number of ether oxygens (including phenoxy) is 1. The highest BCUT2D eigenvalue weighted by atomic mass is 79.9. The van der Waals surface area contributed by atoms with Gasteiger partial charge in [0.1, 0.15) is 0 Å². The molecule has 1 N–H and O–H groups in total. The number of amides is 3. The highest BCUT2D eigenvalue weighted by molar-refractivity contribution is 9.10. The molecule has 0 aromatic heterocycles. The maximum Gasteiger partial charge on any atom is 0.338 e. The van der Waals surface area contributed by atoms with Crippen molar-refractivity contribution in [2.24, 2.45) is 11.8 Å². The van der Waals surface area contributed by atoms with Gasteiger partial charge in [0.2, 0.25) is 11.8 Å². The van der Waals surface area contributed by atoms with Crippen LogP contribution in [0.15, 0.2) is 46.9 Å². The number of imide groups is 1. The van der Waals surface area contributed by atoms with Crippen molar-refractivity contribution < 1.29 is 23.9 Å². The minimum Gasteiger partial charge on any atom is -0.452 e. The zero-order chi connectivity index (χ0) is 25.3. The van der Waals surface area contributed by atoms with Gasteiger partial charge in [0.25, 0.3) is 5.91 Å². The molecule has 184 valence electrons. The molecule has 2 aliphatic rings. The van der Waals surface area contributed by atoms with Crippen molar-refractivity contribution >= 4 is 74.2 Å². The van der Waals surface area contributed by atoms with E-state index in [0.29, 0.717) is 24.9 Å². The lowest BCUT2D eigenvalue weighted by Gasteiger charge is -2.28. The highest BCUT2D eigenvalue weighted by Crippen LogP contribution is 2.43. The number of carbonyl (C=O) groups is 4. The smallest absolute Gasteiger partial charge is 0.338 e. The van der Waals surface area contributed by atoms with Crippen molar-refractivity contribution in [3.8, 4) is 0 Å². The molecule has 4 atom stereocenters. The van der Waals surface area contributed by atoms with E-state index in [2.05, 4.69) is 21.2 Å². The number of esters is 1. The fraction of sp³-hybridized carbons (Fsp3) is 0.360. The predicted molar refractivity (Wildman–Crippen MR) is 137 cm³/mol. The molecule has 4 rings (SSSR count). The number of nitrogens with zero attached hydrogens (tertiary/aromatic N) is 1. The first kappa shape index (κ1) is 25.7. The van der Waals surface area contributed by atoms with Crippen molar-refractivity contribution in [2.45, 2.75) is 36.9 Å². The van der Waals surface area contributed by atoms with Crippen LogP contribution in [-0.4, -0.2) is 41.1 Å². The number of hydrogen-bond acceptors (Lipinski definition) is 5. The van der Waals surface area contributed by atoms with E-state index in [-0.39, 0.29) is 33.8 Å². The first-order valence-corrected chi connectivity index (χ1v) is 12.9. The standard InChI is InChI=1S/C25H23BrCl2N2O5/c1-2-13-8-15(26)6-7-21(13)29-22(31)12-35-25(34)14-4-3-5-16(9-14)30-23(32)17-10-19(27)20(28)11-18(17)24(30)33/h3-9,17-20H,2,10-12H2,1H3,(H,29,31)/t17-,18+,19+,20-. The molecule has 0 unspecified atom stereocenters. The van der Waals surface area contributed by atoms with E-state index in [1.807, 2.05) is 19.1 Å². The molecular formula is C25H23BrCl2N2O5. The molecule has 0 radical (unpaired) electrons. The van der Waals surface area contributed by atoms with Gasteiger partial charge in [-0.25, -0.2) is 4.79 Å². The van der Waals surface area contributed by atoms with Crippen LogP contribution in [0.1, 0.15) is 35.7 Å². The summed E-state index contributed by atoms with van der Waals surface area (Å²) < 4.78 is 6.07. The molecule has 7 nitrogen and oxygen atoms in total. The van der Waals surface area contributed by atoms with Crippen molar-refractivity contribution in [3.63, 3.8) is 0 Å². The Balaban J connectivity index is 1.42. The second-order valence-electron chi connectivity index (χ2n) is 8.56. The van der Waals surface area contributed by atoms with Gasteiger partial charge < -0.3 is 10.1 Å². The van der Waals surface area contributed by atoms with E-state index >= 15 is 0 Å². The molecule has 1 aliphatic carbocycles. The Morgan fingerprint density at radius 2 is 1.71 bits per heavy atom. The van der Waals surface area contributed by atoms with E-state index in [4.69, 9.17) is 27.9 Å². The Morgan fingerprint density at radius 3 is 2.34 bits per heavy atom. The molecule has 1 aliphatic heterocycles. The summed E-state index contributed by atoms with van der Waals surface area (Å²) in [5.41, 5.74) is 1.97. The fourth-order valence-corrected chi connectivity index (χ4v) is 5.50. The molecular weight excluding hydrogens is 559 g/mol. The number of aryl methyl sites for hydroxylation is 1. The van der Waals surface area contributed by atoms with Gasteiger partial charge >= 0.3 is 5.97 Å². The van der Waals surface area contributed by atoms with E-state index in [1.165, 1.54) is 12.1 Å². The Labute approximate surface area is 221 Å². The summed E-state index contributed by atoms with van der Waals surface area (Å²) in [5, 5.41) is 1.98. The third-order valence-electron chi connectivity index (χ3n) is 6.31. The molecule has 10 heteroatoms. The number of alkyl halides is 2. The SMILES string of the molecule is CCc1cc(Br)ccc1NC(=O)COC(=O)c1cccc(N2C(=O)[C@H]3C[C@@H](Cl)[C@@H](Cl)C[C@H]3C2=O)c1. The maximum absolute atomic E-state index is 13.0. The largest absolute Gasteiger partial charge is 0.452 e. The second-order valence-corrected chi connectivity index (χ2v) is 10.6.